The molecule has 2 amide bonds. The minimum Gasteiger partial charge on any atom is -0.402 e. The van der Waals surface area contributed by atoms with Gasteiger partial charge in [0.25, 0.3) is 11.8 Å². The van der Waals surface area contributed by atoms with Crippen LogP contribution in [0, 0.1) is 0 Å². The number of nitrogens with zero attached hydrogens (tertiary/aromatic N) is 3. The number of amides is 2. The van der Waals surface area contributed by atoms with E-state index in [1.54, 1.807) is 43.5 Å². The first-order valence-electron chi connectivity index (χ1n) is 14.8. The van der Waals surface area contributed by atoms with E-state index in [4.69, 9.17) is 4.42 Å². The Kier molecular flexibility index (Phi) is 9.03. The molecule has 1 atom stereocenters. The molecule has 0 aliphatic carbocycles. The first kappa shape index (κ1) is 30.8. The molecule has 7 rings (SSSR count). The van der Waals surface area contributed by atoms with E-state index in [1.807, 2.05) is 78.9 Å². The quantitative estimate of drug-likeness (QED) is 0.204. The van der Waals surface area contributed by atoms with Crippen LogP contribution in [0.3, 0.4) is 0 Å². The van der Waals surface area contributed by atoms with Crippen molar-refractivity contribution >= 4 is 50.1 Å². The van der Waals surface area contributed by atoms with Gasteiger partial charge >= 0.3 is 5.63 Å². The summed E-state index contributed by atoms with van der Waals surface area (Å²) in [5.41, 5.74) is 2.05. The van der Waals surface area contributed by atoms with Crippen molar-refractivity contribution < 1.29 is 19.1 Å². The molecule has 0 spiro atoms. The molecule has 10 nitrogen and oxygen atoms in total. The molecule has 0 fully saturated rings. The number of fused-ring (bicyclic) bond motifs is 3. The van der Waals surface area contributed by atoms with Gasteiger partial charge in [-0.05, 0) is 64.9 Å². The Morgan fingerprint density at radius 3 is 2.21 bits per heavy atom. The molecule has 7 aromatic rings. The second-order valence-electron chi connectivity index (χ2n) is 10.6. The van der Waals surface area contributed by atoms with Crippen molar-refractivity contribution in [2.45, 2.75) is 13.0 Å². The van der Waals surface area contributed by atoms with E-state index in [-0.39, 0.29) is 23.7 Å². The molecule has 10 heteroatoms. The van der Waals surface area contributed by atoms with Crippen LogP contribution in [0.1, 0.15) is 27.8 Å². The third-order valence-electron chi connectivity index (χ3n) is 7.27. The highest BCUT2D eigenvalue weighted by Crippen LogP contribution is 2.27. The van der Waals surface area contributed by atoms with Gasteiger partial charge in [0.05, 0.1) is 11.8 Å². The van der Waals surface area contributed by atoms with Gasteiger partial charge in [-0.3, -0.25) is 9.59 Å². The molecule has 0 saturated heterocycles. The molecule has 0 saturated carbocycles. The van der Waals surface area contributed by atoms with Gasteiger partial charge in [0.15, 0.2) is 11.2 Å². The van der Waals surface area contributed by atoms with Gasteiger partial charge in [-0.25, -0.2) is 19.7 Å². The number of rotatable bonds is 6. The molecule has 3 aromatic heterocycles. The molecule has 0 radical (unpaired) electrons. The van der Waals surface area contributed by atoms with Crippen LogP contribution in [-0.2, 0) is 0 Å². The number of aromatic nitrogens is 3. The van der Waals surface area contributed by atoms with Crippen LogP contribution in [-0.4, -0.2) is 44.5 Å². The lowest BCUT2D eigenvalue weighted by atomic mass is 10.0. The lowest BCUT2D eigenvalue weighted by Gasteiger charge is -2.12. The van der Waals surface area contributed by atoms with Crippen LogP contribution in [0.4, 0.5) is 5.69 Å². The monoisotopic (exact) mass is 623 g/mol. The van der Waals surface area contributed by atoms with Gasteiger partial charge in [0, 0.05) is 30.1 Å². The molecule has 4 aromatic carbocycles. The zero-order chi connectivity index (χ0) is 32.8. The second-order valence-corrected chi connectivity index (χ2v) is 10.6. The van der Waals surface area contributed by atoms with Crippen LogP contribution in [0.25, 0.3) is 44.0 Å². The van der Waals surface area contributed by atoms with E-state index < -0.39 is 17.6 Å². The van der Waals surface area contributed by atoms with E-state index in [9.17, 15) is 19.5 Å². The number of benzene rings is 4. The van der Waals surface area contributed by atoms with Gasteiger partial charge in [-0.2, -0.15) is 0 Å². The van der Waals surface area contributed by atoms with Gasteiger partial charge in [0.2, 0.25) is 5.89 Å². The largest absolute Gasteiger partial charge is 0.402 e. The van der Waals surface area contributed by atoms with Crippen molar-refractivity contribution in [3.05, 3.63) is 143 Å². The minimum absolute atomic E-state index is 0.0988. The Hall–Kier alpha value is -6.26. The highest BCUT2D eigenvalue weighted by molar-refractivity contribution is 6.14. The fourth-order valence-corrected chi connectivity index (χ4v) is 5.06. The number of carbonyl (C=O) groups is 2. The van der Waals surface area contributed by atoms with E-state index in [2.05, 4.69) is 25.6 Å². The van der Waals surface area contributed by atoms with Gasteiger partial charge in [-0.1, -0.05) is 72.8 Å². The Labute approximate surface area is 268 Å². The summed E-state index contributed by atoms with van der Waals surface area (Å²) in [4.78, 5) is 49.6. The van der Waals surface area contributed by atoms with Crippen LogP contribution in [0.2, 0.25) is 0 Å². The topological polar surface area (TPSA) is 147 Å². The Balaban J connectivity index is 0.000000168. The van der Waals surface area contributed by atoms with Gasteiger partial charge in [-0.15, -0.1) is 0 Å². The van der Waals surface area contributed by atoms with E-state index in [0.717, 1.165) is 27.1 Å². The van der Waals surface area contributed by atoms with E-state index >= 15 is 0 Å². The second kappa shape index (κ2) is 13.8. The number of aliphatic hydroxyl groups is 1. The normalized spacial score (nSPS) is 11.4. The predicted molar refractivity (Wildman–Crippen MR) is 181 cm³/mol. The van der Waals surface area contributed by atoms with Crippen molar-refractivity contribution in [2.75, 3.05) is 11.9 Å². The van der Waals surface area contributed by atoms with Crippen molar-refractivity contribution in [1.82, 2.24) is 20.3 Å². The summed E-state index contributed by atoms with van der Waals surface area (Å²) >= 11 is 0. The summed E-state index contributed by atoms with van der Waals surface area (Å²) in [5.74, 6) is -0.462. The number of pyridine rings is 2. The first-order chi connectivity index (χ1) is 22.9. The predicted octanol–water partition coefficient (Wildman–Crippen LogP) is 6.00. The zero-order valence-electron chi connectivity index (χ0n) is 25.3. The van der Waals surface area contributed by atoms with Crippen molar-refractivity contribution in [2.24, 2.45) is 0 Å². The number of anilines is 1. The first-order valence-corrected chi connectivity index (χ1v) is 14.8. The maximum Gasteiger partial charge on any atom is 0.365 e. The van der Waals surface area contributed by atoms with Crippen LogP contribution in [0.5, 0.6) is 0 Å². The molecule has 232 valence electrons. The van der Waals surface area contributed by atoms with Crippen molar-refractivity contribution in [1.29, 1.82) is 0 Å². The van der Waals surface area contributed by atoms with E-state index in [1.165, 1.54) is 6.20 Å². The van der Waals surface area contributed by atoms with Crippen molar-refractivity contribution in [3.63, 3.8) is 0 Å². The fourth-order valence-electron chi connectivity index (χ4n) is 5.06. The third-order valence-corrected chi connectivity index (χ3v) is 7.27. The summed E-state index contributed by atoms with van der Waals surface area (Å²) in [6.45, 7) is 1.67. The zero-order valence-corrected chi connectivity index (χ0v) is 25.3. The smallest absolute Gasteiger partial charge is 0.365 e. The maximum absolute atomic E-state index is 12.8. The molecule has 3 N–H and O–H groups in total. The highest BCUT2D eigenvalue weighted by Gasteiger charge is 2.17. The van der Waals surface area contributed by atoms with Crippen molar-refractivity contribution in [3.8, 4) is 11.5 Å². The number of hydrogen-bond donors (Lipinski definition) is 3. The molecule has 0 aliphatic rings. The number of nitrogens with one attached hydrogen (secondary N) is 2. The van der Waals surface area contributed by atoms with Crippen LogP contribution in [0.15, 0.2) is 131 Å². The Morgan fingerprint density at radius 1 is 0.766 bits per heavy atom. The molecule has 1 unspecified atom stereocenters. The number of carbonyl (C=O) groups excluding carboxylic acids is 2. The average molecular weight is 624 g/mol. The summed E-state index contributed by atoms with van der Waals surface area (Å²) < 4.78 is 5.36. The van der Waals surface area contributed by atoms with Gasteiger partial charge in [0.1, 0.15) is 5.52 Å². The summed E-state index contributed by atoms with van der Waals surface area (Å²) in [6, 6.07) is 33.6. The molecule has 47 heavy (non-hydrogen) atoms. The summed E-state index contributed by atoms with van der Waals surface area (Å²) in [5, 5.41) is 18.5. The third kappa shape index (κ3) is 6.87. The molecular weight excluding hydrogens is 594 g/mol. The standard InChI is InChI=1S/C20H19N3O3.C17H10N2O2/c1-13(24)12-22-20(26)18-17(10-5-11-21-18)23-19(25)16-9-4-7-14-6-2-3-8-15(14)16;20-17-15-14(9-4-10-18-15)19-16(21-17)13-8-3-6-11-5-1-2-7-12(11)13/h2-11,13,24H,12H2,1H3,(H,22,26)(H,23,25);1-10H. The summed E-state index contributed by atoms with van der Waals surface area (Å²) in [6.07, 6.45) is 2.36. The van der Waals surface area contributed by atoms with E-state index in [0.29, 0.717) is 22.7 Å². The summed E-state index contributed by atoms with van der Waals surface area (Å²) in [7, 11) is 0. The number of aliphatic hydroxyl groups excluding tert-OH is 1. The SMILES string of the molecule is CC(O)CNC(=O)c1ncccc1NC(=O)c1cccc2ccccc12.O=c1oc(-c2cccc3ccccc23)nc2cccnc12. The highest BCUT2D eigenvalue weighted by atomic mass is 16.4. The average Bonchev–Trinajstić information content (AvgIpc) is 3.10. The Morgan fingerprint density at radius 2 is 1.43 bits per heavy atom. The maximum atomic E-state index is 12.8. The molecular formula is C37H29N5O5. The fraction of sp³-hybridized carbons (Fsp3) is 0.0811. The minimum atomic E-state index is -0.670. The van der Waals surface area contributed by atoms with Crippen LogP contribution >= 0.6 is 0 Å². The number of hydrogen-bond acceptors (Lipinski definition) is 8. The van der Waals surface area contributed by atoms with Crippen LogP contribution < -0.4 is 16.3 Å². The molecule has 0 aliphatic heterocycles. The molecule has 3 heterocycles. The Bertz CT molecular complexity index is 2290. The van der Waals surface area contributed by atoms with Gasteiger partial charge < -0.3 is 20.2 Å². The molecule has 0 bridgehead atoms. The lowest BCUT2D eigenvalue weighted by Crippen LogP contribution is -2.32. The lowest BCUT2D eigenvalue weighted by molar-refractivity contribution is 0.0920.